The molecule has 0 aromatic heterocycles. The fourth-order valence-corrected chi connectivity index (χ4v) is 3.63. The number of halogens is 2. The lowest BCUT2D eigenvalue weighted by atomic mass is 9.77. The third-order valence-electron chi connectivity index (χ3n) is 4.73. The van der Waals surface area contributed by atoms with Gasteiger partial charge in [-0.1, -0.05) is 6.92 Å². The number of rotatable bonds is 2. The van der Waals surface area contributed by atoms with Crippen molar-refractivity contribution in [2.24, 2.45) is 11.8 Å². The van der Waals surface area contributed by atoms with Crippen LogP contribution in [0, 0.1) is 11.8 Å². The highest BCUT2D eigenvalue weighted by molar-refractivity contribution is 6.50. The Morgan fingerprint density at radius 2 is 1.89 bits per heavy atom. The van der Waals surface area contributed by atoms with Gasteiger partial charge in [-0.15, -0.1) is 23.2 Å². The molecule has 3 amide bonds. The highest BCUT2D eigenvalue weighted by atomic mass is 35.5. The van der Waals surface area contributed by atoms with E-state index in [2.05, 4.69) is 12.2 Å². The Morgan fingerprint density at radius 1 is 1.32 bits per heavy atom. The van der Waals surface area contributed by atoms with Gasteiger partial charge in [0, 0.05) is 12.5 Å². The lowest BCUT2D eigenvalue weighted by Gasteiger charge is -2.33. The van der Waals surface area contributed by atoms with E-state index >= 15 is 0 Å². The van der Waals surface area contributed by atoms with Crippen molar-refractivity contribution in [3.63, 3.8) is 0 Å². The van der Waals surface area contributed by atoms with Crippen LogP contribution in [-0.4, -0.2) is 33.3 Å². The molecule has 3 rings (SSSR count). The third-order valence-corrected chi connectivity index (χ3v) is 5.66. The van der Waals surface area contributed by atoms with Crippen LogP contribution in [-0.2, 0) is 4.79 Å². The predicted octanol–water partition coefficient (Wildman–Crippen LogP) is 2.68. The van der Waals surface area contributed by atoms with E-state index in [1.165, 1.54) is 4.90 Å². The van der Waals surface area contributed by atoms with Crippen molar-refractivity contribution < 1.29 is 9.59 Å². The number of urea groups is 1. The van der Waals surface area contributed by atoms with Crippen LogP contribution in [0.15, 0.2) is 0 Å². The molecule has 0 aromatic carbocycles. The van der Waals surface area contributed by atoms with E-state index in [9.17, 15) is 9.59 Å². The van der Waals surface area contributed by atoms with Crippen LogP contribution in [0.3, 0.4) is 0 Å². The molecule has 0 unspecified atom stereocenters. The first-order chi connectivity index (χ1) is 8.84. The molecule has 1 heterocycles. The van der Waals surface area contributed by atoms with Crippen molar-refractivity contribution in [1.82, 2.24) is 10.2 Å². The molecular weight excluding hydrogens is 287 g/mol. The first-order valence-corrected chi connectivity index (χ1v) is 7.62. The minimum atomic E-state index is -0.753. The van der Waals surface area contributed by atoms with Crippen LogP contribution in [0.1, 0.15) is 39.0 Å². The first kappa shape index (κ1) is 13.5. The second-order valence-corrected chi connectivity index (χ2v) is 7.82. The quantitative estimate of drug-likeness (QED) is 0.630. The third kappa shape index (κ3) is 2.23. The molecule has 6 heteroatoms. The van der Waals surface area contributed by atoms with Gasteiger partial charge in [0.25, 0.3) is 5.91 Å². The van der Waals surface area contributed by atoms with E-state index < -0.39 is 9.87 Å². The van der Waals surface area contributed by atoms with Gasteiger partial charge in [-0.3, -0.25) is 9.69 Å². The van der Waals surface area contributed by atoms with E-state index in [1.807, 2.05) is 0 Å². The number of carbonyl (C=O) groups excluding carboxylic acids is 2. The summed E-state index contributed by atoms with van der Waals surface area (Å²) in [6.45, 7) is 2.53. The summed E-state index contributed by atoms with van der Waals surface area (Å²) in [6.07, 6.45) is 4.10. The number of hydrogen-bond acceptors (Lipinski definition) is 2. The SMILES string of the molecule is CC1CCC2(CC1)NC(=O)N(C[C@@H]1CC1(Cl)Cl)C2=O. The summed E-state index contributed by atoms with van der Waals surface area (Å²) < 4.78 is -0.753. The first-order valence-electron chi connectivity index (χ1n) is 6.86. The average molecular weight is 305 g/mol. The number of carbonyl (C=O) groups is 2. The monoisotopic (exact) mass is 304 g/mol. The zero-order chi connectivity index (χ0) is 13.8. The summed E-state index contributed by atoms with van der Waals surface area (Å²) >= 11 is 11.9. The Balaban J connectivity index is 1.71. The van der Waals surface area contributed by atoms with Crippen molar-refractivity contribution in [2.75, 3.05) is 6.54 Å². The minimum Gasteiger partial charge on any atom is -0.323 e. The molecule has 4 nitrogen and oxygen atoms in total. The molecule has 2 saturated carbocycles. The molecule has 1 saturated heterocycles. The zero-order valence-electron chi connectivity index (χ0n) is 10.9. The van der Waals surface area contributed by atoms with Gasteiger partial charge >= 0.3 is 6.03 Å². The second kappa shape index (κ2) is 4.26. The zero-order valence-corrected chi connectivity index (χ0v) is 12.4. The van der Waals surface area contributed by atoms with Gasteiger partial charge in [-0.25, -0.2) is 4.79 Å². The molecule has 1 N–H and O–H groups in total. The smallest absolute Gasteiger partial charge is 0.323 e. The van der Waals surface area contributed by atoms with Gasteiger partial charge in [-0.05, 0) is 38.0 Å². The van der Waals surface area contributed by atoms with Crippen molar-refractivity contribution in [3.8, 4) is 0 Å². The van der Waals surface area contributed by atoms with Gasteiger partial charge < -0.3 is 5.32 Å². The number of nitrogens with zero attached hydrogens (tertiary/aromatic N) is 1. The van der Waals surface area contributed by atoms with Crippen molar-refractivity contribution in [2.45, 2.75) is 48.9 Å². The number of imide groups is 1. The van der Waals surface area contributed by atoms with E-state index in [0.29, 0.717) is 18.9 Å². The molecular formula is C13H18Cl2N2O2. The van der Waals surface area contributed by atoms with Crippen molar-refractivity contribution >= 4 is 35.1 Å². The molecule has 0 radical (unpaired) electrons. The lowest BCUT2D eigenvalue weighted by Crippen LogP contribution is -2.49. The summed E-state index contributed by atoms with van der Waals surface area (Å²) in [5, 5.41) is 2.90. The summed E-state index contributed by atoms with van der Waals surface area (Å²) in [6, 6.07) is -0.282. The summed E-state index contributed by atoms with van der Waals surface area (Å²) in [4.78, 5) is 25.9. The summed E-state index contributed by atoms with van der Waals surface area (Å²) in [7, 11) is 0. The Labute approximate surface area is 122 Å². The number of hydrogen-bond donors (Lipinski definition) is 1. The Morgan fingerprint density at radius 3 is 2.42 bits per heavy atom. The maximum absolute atomic E-state index is 12.5. The van der Waals surface area contributed by atoms with Gasteiger partial charge in [0.05, 0.1) is 0 Å². The molecule has 0 aromatic rings. The highest BCUT2D eigenvalue weighted by Crippen LogP contribution is 2.53. The Hall–Kier alpha value is -0.480. The predicted molar refractivity (Wildman–Crippen MR) is 73.2 cm³/mol. The van der Waals surface area contributed by atoms with Crippen LogP contribution in [0.2, 0.25) is 0 Å². The van der Waals surface area contributed by atoms with Crippen molar-refractivity contribution in [3.05, 3.63) is 0 Å². The van der Waals surface area contributed by atoms with E-state index in [0.717, 1.165) is 25.7 Å². The van der Waals surface area contributed by atoms with Gasteiger partial charge in [0.2, 0.25) is 0 Å². The molecule has 0 bridgehead atoms. The Bertz CT molecular complexity index is 430. The molecule has 3 aliphatic rings. The van der Waals surface area contributed by atoms with E-state index in [4.69, 9.17) is 23.2 Å². The molecule has 2 aliphatic carbocycles. The van der Waals surface area contributed by atoms with Gasteiger partial charge in [0.15, 0.2) is 0 Å². The number of amides is 3. The molecule has 1 spiro atoms. The van der Waals surface area contributed by atoms with Crippen LogP contribution in [0.5, 0.6) is 0 Å². The highest BCUT2D eigenvalue weighted by Gasteiger charge is 2.57. The molecule has 3 fully saturated rings. The number of alkyl halides is 2. The van der Waals surface area contributed by atoms with E-state index in [-0.39, 0.29) is 17.9 Å². The molecule has 106 valence electrons. The molecule has 1 atom stereocenters. The topological polar surface area (TPSA) is 49.4 Å². The van der Waals surface area contributed by atoms with Gasteiger partial charge in [-0.2, -0.15) is 0 Å². The largest absolute Gasteiger partial charge is 0.325 e. The maximum Gasteiger partial charge on any atom is 0.325 e. The van der Waals surface area contributed by atoms with E-state index in [1.54, 1.807) is 0 Å². The maximum atomic E-state index is 12.5. The number of nitrogens with one attached hydrogen (secondary N) is 1. The van der Waals surface area contributed by atoms with Crippen LogP contribution in [0.4, 0.5) is 4.79 Å². The summed E-state index contributed by atoms with van der Waals surface area (Å²) in [5.74, 6) is 0.565. The fourth-order valence-electron chi connectivity index (χ4n) is 3.12. The van der Waals surface area contributed by atoms with Crippen LogP contribution in [0.25, 0.3) is 0 Å². The van der Waals surface area contributed by atoms with Crippen LogP contribution >= 0.6 is 23.2 Å². The Kier molecular flexibility index (Phi) is 3.02. The van der Waals surface area contributed by atoms with Crippen LogP contribution < -0.4 is 5.32 Å². The second-order valence-electron chi connectivity index (χ2n) is 6.27. The van der Waals surface area contributed by atoms with Gasteiger partial charge in [0.1, 0.15) is 9.87 Å². The average Bonchev–Trinajstić information content (AvgIpc) is 2.88. The lowest BCUT2D eigenvalue weighted by molar-refractivity contribution is -0.132. The molecule has 19 heavy (non-hydrogen) atoms. The normalized spacial score (nSPS) is 40.7. The standard InChI is InChI=1S/C13H18Cl2N2O2/c1-8-2-4-12(5-3-8)10(18)17(11(19)16-12)7-9-6-13(9,14)15/h8-9H,2-7H2,1H3,(H,16,19)/t8?,9-,12?/m0/s1. The minimum absolute atomic E-state index is 0.0168. The fraction of sp³-hybridized carbons (Fsp3) is 0.846. The molecule has 1 aliphatic heterocycles. The van der Waals surface area contributed by atoms with Crippen molar-refractivity contribution in [1.29, 1.82) is 0 Å². The summed E-state index contributed by atoms with van der Waals surface area (Å²) in [5.41, 5.74) is -0.653.